The number of amides is 1. The van der Waals surface area contributed by atoms with Gasteiger partial charge in [0, 0.05) is 23.9 Å². The third kappa shape index (κ3) is 4.40. The number of rotatable bonds is 7. The highest BCUT2D eigenvalue weighted by Gasteiger charge is 2.12. The van der Waals surface area contributed by atoms with Gasteiger partial charge in [0.1, 0.15) is 17.3 Å². The highest BCUT2D eigenvalue weighted by Crippen LogP contribution is 2.25. The van der Waals surface area contributed by atoms with Crippen LogP contribution in [0.2, 0.25) is 0 Å². The van der Waals surface area contributed by atoms with Crippen LogP contribution in [0.3, 0.4) is 0 Å². The van der Waals surface area contributed by atoms with E-state index in [1.807, 2.05) is 42.5 Å². The number of hydrogen-bond donors (Lipinski definition) is 1. The Hall–Kier alpha value is -3.54. The zero-order chi connectivity index (χ0) is 19.9. The van der Waals surface area contributed by atoms with Gasteiger partial charge in [0.15, 0.2) is 0 Å². The molecule has 0 bridgehead atoms. The Labute approximate surface area is 164 Å². The van der Waals surface area contributed by atoms with Crippen LogP contribution in [0.25, 0.3) is 0 Å². The maximum atomic E-state index is 12.6. The zero-order valence-electron chi connectivity index (χ0n) is 16.2. The molecule has 6 nitrogen and oxygen atoms in total. The summed E-state index contributed by atoms with van der Waals surface area (Å²) in [6.07, 6.45) is 1.65. The van der Waals surface area contributed by atoms with E-state index >= 15 is 0 Å². The normalized spacial score (nSPS) is 10.2. The van der Waals surface area contributed by atoms with Crippen LogP contribution < -0.4 is 19.7 Å². The number of nitrogens with zero attached hydrogens (tertiary/aromatic N) is 2. The molecule has 0 unspecified atom stereocenters. The first-order valence-corrected chi connectivity index (χ1v) is 8.97. The van der Waals surface area contributed by atoms with E-state index in [9.17, 15) is 4.79 Å². The largest absolute Gasteiger partial charge is 0.497 e. The summed E-state index contributed by atoms with van der Waals surface area (Å²) in [5.74, 6) is 1.66. The molecule has 144 valence electrons. The third-order valence-corrected chi connectivity index (χ3v) is 4.28. The number of anilines is 3. The van der Waals surface area contributed by atoms with Crippen molar-refractivity contribution in [3.8, 4) is 11.5 Å². The first kappa shape index (κ1) is 19.2. The van der Waals surface area contributed by atoms with Gasteiger partial charge in [-0.05, 0) is 43.3 Å². The van der Waals surface area contributed by atoms with Gasteiger partial charge in [-0.15, -0.1) is 0 Å². The minimum Gasteiger partial charge on any atom is -0.497 e. The van der Waals surface area contributed by atoms with Gasteiger partial charge in [0.25, 0.3) is 5.91 Å². The maximum absolute atomic E-state index is 12.6. The first-order valence-electron chi connectivity index (χ1n) is 8.97. The fourth-order valence-corrected chi connectivity index (χ4v) is 2.85. The lowest BCUT2D eigenvalue weighted by Crippen LogP contribution is -2.17. The topological polar surface area (TPSA) is 63.7 Å². The summed E-state index contributed by atoms with van der Waals surface area (Å²) in [6, 6.07) is 18.8. The smallest absolute Gasteiger partial charge is 0.255 e. The van der Waals surface area contributed by atoms with Crippen molar-refractivity contribution in [3.05, 3.63) is 72.4 Å². The number of hydrogen-bond acceptors (Lipinski definition) is 5. The summed E-state index contributed by atoms with van der Waals surface area (Å²) in [5.41, 5.74) is 2.12. The lowest BCUT2D eigenvalue weighted by molar-refractivity contribution is 0.102. The fourth-order valence-electron chi connectivity index (χ4n) is 2.85. The number of ether oxygens (including phenoxy) is 2. The molecule has 0 aliphatic rings. The Kier molecular flexibility index (Phi) is 6.11. The van der Waals surface area contributed by atoms with Crippen molar-refractivity contribution in [2.75, 3.05) is 31.0 Å². The Morgan fingerprint density at radius 3 is 2.21 bits per heavy atom. The van der Waals surface area contributed by atoms with E-state index in [4.69, 9.17) is 9.47 Å². The highest BCUT2D eigenvalue weighted by atomic mass is 16.5. The van der Waals surface area contributed by atoms with Gasteiger partial charge in [-0.3, -0.25) is 4.79 Å². The SMILES string of the molecule is CCN(c1ccccc1)c1ccc(NC(=O)c2cc(OC)cc(OC)c2)cn1. The number of nitrogens with one attached hydrogen (secondary N) is 1. The number of para-hydroxylation sites is 1. The van der Waals surface area contributed by atoms with E-state index in [1.54, 1.807) is 38.6 Å². The predicted molar refractivity (Wildman–Crippen MR) is 111 cm³/mol. The lowest BCUT2D eigenvalue weighted by atomic mass is 10.2. The molecule has 1 N–H and O–H groups in total. The minimum absolute atomic E-state index is 0.262. The molecule has 1 aromatic heterocycles. The van der Waals surface area contributed by atoms with Gasteiger partial charge in [0.2, 0.25) is 0 Å². The summed E-state index contributed by atoms with van der Waals surface area (Å²) in [6.45, 7) is 2.85. The van der Waals surface area contributed by atoms with Gasteiger partial charge < -0.3 is 19.7 Å². The van der Waals surface area contributed by atoms with Crippen molar-refractivity contribution in [1.82, 2.24) is 4.98 Å². The Morgan fingerprint density at radius 2 is 1.68 bits per heavy atom. The van der Waals surface area contributed by atoms with Gasteiger partial charge in [-0.1, -0.05) is 18.2 Å². The number of methoxy groups -OCH3 is 2. The van der Waals surface area contributed by atoms with E-state index in [0.717, 1.165) is 18.1 Å². The molecular weight excluding hydrogens is 354 g/mol. The zero-order valence-corrected chi connectivity index (χ0v) is 16.2. The summed E-state index contributed by atoms with van der Waals surface area (Å²) in [7, 11) is 3.09. The second-order valence-electron chi connectivity index (χ2n) is 6.04. The second-order valence-corrected chi connectivity index (χ2v) is 6.04. The van der Waals surface area contributed by atoms with Crippen LogP contribution in [-0.2, 0) is 0 Å². The molecule has 0 aliphatic heterocycles. The molecule has 0 radical (unpaired) electrons. The molecule has 1 heterocycles. The number of benzene rings is 2. The molecule has 3 aromatic rings. The van der Waals surface area contributed by atoms with Crippen LogP contribution in [0, 0.1) is 0 Å². The van der Waals surface area contributed by atoms with Gasteiger partial charge >= 0.3 is 0 Å². The van der Waals surface area contributed by atoms with Gasteiger partial charge in [-0.2, -0.15) is 0 Å². The van der Waals surface area contributed by atoms with Crippen LogP contribution >= 0.6 is 0 Å². The first-order chi connectivity index (χ1) is 13.6. The Balaban J connectivity index is 1.76. The molecule has 3 rings (SSSR count). The number of pyridine rings is 1. The fraction of sp³-hybridized carbons (Fsp3) is 0.182. The second kappa shape index (κ2) is 8.90. The molecule has 2 aromatic carbocycles. The average molecular weight is 377 g/mol. The van der Waals surface area contributed by atoms with Crippen molar-refractivity contribution in [2.24, 2.45) is 0 Å². The van der Waals surface area contributed by atoms with Crippen LogP contribution in [-0.4, -0.2) is 31.7 Å². The van der Waals surface area contributed by atoms with Crippen LogP contribution in [0.5, 0.6) is 11.5 Å². The van der Waals surface area contributed by atoms with Crippen molar-refractivity contribution < 1.29 is 14.3 Å². The molecule has 1 amide bonds. The summed E-state index contributed by atoms with van der Waals surface area (Å²) >= 11 is 0. The number of carbonyl (C=O) groups excluding carboxylic acids is 1. The monoisotopic (exact) mass is 377 g/mol. The molecule has 28 heavy (non-hydrogen) atoms. The van der Waals surface area contributed by atoms with Crippen LogP contribution in [0.1, 0.15) is 17.3 Å². The standard InChI is InChI=1S/C22H23N3O3/c1-4-25(18-8-6-5-7-9-18)21-11-10-17(15-23-21)24-22(26)16-12-19(27-2)14-20(13-16)28-3/h5-15H,4H2,1-3H3,(H,24,26). The summed E-state index contributed by atoms with van der Waals surface area (Å²) in [4.78, 5) is 19.2. The molecule has 6 heteroatoms. The van der Waals surface area contributed by atoms with E-state index in [2.05, 4.69) is 22.1 Å². The van der Waals surface area contributed by atoms with E-state index in [0.29, 0.717) is 22.7 Å². The van der Waals surface area contributed by atoms with E-state index < -0.39 is 0 Å². The summed E-state index contributed by atoms with van der Waals surface area (Å²) < 4.78 is 10.4. The van der Waals surface area contributed by atoms with Gasteiger partial charge in [-0.25, -0.2) is 4.98 Å². The van der Waals surface area contributed by atoms with Crippen molar-refractivity contribution in [1.29, 1.82) is 0 Å². The van der Waals surface area contributed by atoms with Crippen LogP contribution in [0.15, 0.2) is 66.9 Å². The highest BCUT2D eigenvalue weighted by molar-refractivity contribution is 6.04. The molecule has 0 atom stereocenters. The van der Waals surface area contributed by atoms with Gasteiger partial charge in [0.05, 0.1) is 26.1 Å². The van der Waals surface area contributed by atoms with E-state index in [1.165, 1.54) is 0 Å². The molecule has 0 spiro atoms. The summed E-state index contributed by atoms with van der Waals surface area (Å²) in [5, 5.41) is 2.85. The molecule has 0 fully saturated rings. The molecule has 0 saturated heterocycles. The van der Waals surface area contributed by atoms with Crippen LogP contribution in [0.4, 0.5) is 17.2 Å². The van der Waals surface area contributed by atoms with E-state index in [-0.39, 0.29) is 5.91 Å². The number of aromatic nitrogens is 1. The van der Waals surface area contributed by atoms with Crippen molar-refractivity contribution >= 4 is 23.1 Å². The lowest BCUT2D eigenvalue weighted by Gasteiger charge is -2.22. The molecule has 0 saturated carbocycles. The third-order valence-electron chi connectivity index (χ3n) is 4.28. The Bertz CT molecular complexity index is 905. The number of carbonyl (C=O) groups is 1. The quantitative estimate of drug-likeness (QED) is 0.656. The maximum Gasteiger partial charge on any atom is 0.255 e. The van der Waals surface area contributed by atoms with Crippen molar-refractivity contribution in [3.63, 3.8) is 0 Å². The molecular formula is C22H23N3O3. The Morgan fingerprint density at radius 1 is 1.00 bits per heavy atom. The average Bonchev–Trinajstić information content (AvgIpc) is 2.75. The van der Waals surface area contributed by atoms with Crippen molar-refractivity contribution in [2.45, 2.75) is 6.92 Å². The molecule has 0 aliphatic carbocycles. The predicted octanol–water partition coefficient (Wildman–Crippen LogP) is 4.51. The minimum atomic E-state index is -0.262.